The molecule has 4 aliphatic rings. The monoisotopic (exact) mass is 805 g/mol. The van der Waals surface area contributed by atoms with E-state index in [2.05, 4.69) is 5.32 Å². The van der Waals surface area contributed by atoms with Crippen molar-refractivity contribution in [2.45, 2.75) is 116 Å². The number of fused-ring (bicyclic) bond motifs is 5. The first-order valence-corrected chi connectivity index (χ1v) is 19.2. The fourth-order valence-corrected chi connectivity index (χ4v) is 9.61. The predicted molar refractivity (Wildman–Crippen MR) is 202 cm³/mol. The minimum absolute atomic E-state index is 0.0116. The topological polar surface area (TPSA) is 221 Å². The van der Waals surface area contributed by atoms with Gasteiger partial charge < -0.3 is 44.3 Å². The molecule has 15 nitrogen and oxygen atoms in total. The van der Waals surface area contributed by atoms with Crippen molar-refractivity contribution in [3.05, 3.63) is 82.9 Å². The molecule has 3 aliphatic carbocycles. The molecule has 0 radical (unpaired) electrons. The van der Waals surface area contributed by atoms with Crippen molar-refractivity contribution >= 4 is 35.6 Å². The zero-order valence-electron chi connectivity index (χ0n) is 33.8. The molecule has 0 spiro atoms. The van der Waals surface area contributed by atoms with E-state index in [-0.39, 0.29) is 36.2 Å². The van der Waals surface area contributed by atoms with Crippen molar-refractivity contribution in [3.63, 3.8) is 0 Å². The van der Waals surface area contributed by atoms with Crippen LogP contribution in [0, 0.1) is 22.7 Å². The third kappa shape index (κ3) is 7.11. The van der Waals surface area contributed by atoms with Crippen LogP contribution in [0.2, 0.25) is 0 Å². The molecule has 15 heteroatoms. The number of hydrogen-bond acceptors (Lipinski definition) is 14. The summed E-state index contributed by atoms with van der Waals surface area (Å²) in [5, 5.41) is 39.4. The van der Waals surface area contributed by atoms with Crippen molar-refractivity contribution in [2.75, 3.05) is 6.61 Å². The second-order valence-corrected chi connectivity index (χ2v) is 17.5. The molecule has 10 unspecified atom stereocenters. The van der Waals surface area contributed by atoms with Gasteiger partial charge in [0.2, 0.25) is 17.4 Å². The van der Waals surface area contributed by atoms with Crippen LogP contribution < -0.4 is 5.32 Å². The maximum Gasteiger partial charge on any atom is 0.408 e. The zero-order valence-corrected chi connectivity index (χ0v) is 33.8. The molecule has 312 valence electrons. The van der Waals surface area contributed by atoms with Crippen LogP contribution in [-0.4, -0.2) is 98.9 Å². The first-order chi connectivity index (χ1) is 27.0. The first kappa shape index (κ1) is 42.6. The van der Waals surface area contributed by atoms with E-state index in [9.17, 15) is 44.1 Å². The normalized spacial score (nSPS) is 32.4. The van der Waals surface area contributed by atoms with Crippen LogP contribution in [0.15, 0.2) is 71.8 Å². The van der Waals surface area contributed by atoms with Gasteiger partial charge in [-0.15, -0.1) is 0 Å². The summed E-state index contributed by atoms with van der Waals surface area (Å²) < 4.78 is 29.3. The fourth-order valence-electron chi connectivity index (χ4n) is 9.61. The fraction of sp³-hybridized carbons (Fsp3) is 0.535. The second kappa shape index (κ2) is 15.0. The summed E-state index contributed by atoms with van der Waals surface area (Å²) in [6.07, 6.45) is -7.75. The van der Waals surface area contributed by atoms with Gasteiger partial charge in [0, 0.05) is 30.3 Å². The van der Waals surface area contributed by atoms with Crippen LogP contribution >= 0.6 is 0 Å². The SMILES string of the molecule is CC(=O)OC12COC1CC(O)C1(C)C(=O)C(=O)C3=C(C)C(OC(=O)C(O)C(NC(=O)OC(C)(C)C)c4ccccc4)CC(C3(C)C)C(O)(OC(=O)c3ccccc3)C21. The van der Waals surface area contributed by atoms with Gasteiger partial charge in [0.05, 0.1) is 35.6 Å². The number of esters is 3. The summed E-state index contributed by atoms with van der Waals surface area (Å²) in [7, 11) is 0. The lowest BCUT2D eigenvalue weighted by atomic mass is 9.45. The number of nitrogens with one attached hydrogen (secondary N) is 1. The predicted octanol–water partition coefficient (Wildman–Crippen LogP) is 3.67. The molecule has 1 heterocycles. The first-order valence-electron chi connectivity index (χ1n) is 19.2. The number of rotatable bonds is 8. The smallest absolute Gasteiger partial charge is 0.408 e. The summed E-state index contributed by atoms with van der Waals surface area (Å²) in [6, 6.07) is 14.4. The number of alkyl carbamates (subject to hydrolysis) is 1. The third-order valence-corrected chi connectivity index (χ3v) is 12.2. The van der Waals surface area contributed by atoms with E-state index < -0.39 is 106 Å². The maximum absolute atomic E-state index is 14.9. The number of ether oxygens (including phenoxy) is 5. The minimum atomic E-state index is -2.85. The van der Waals surface area contributed by atoms with E-state index in [0.29, 0.717) is 5.56 Å². The van der Waals surface area contributed by atoms with Gasteiger partial charge in [0.15, 0.2) is 11.7 Å². The van der Waals surface area contributed by atoms with Crippen molar-refractivity contribution in [3.8, 4) is 0 Å². The quantitative estimate of drug-likeness (QED) is 0.130. The molecule has 0 aromatic heterocycles. The molecule has 10 atom stereocenters. The number of aliphatic hydroxyl groups excluding tert-OH is 2. The number of allylic oxidation sites excluding steroid dienone is 1. The van der Waals surface area contributed by atoms with Gasteiger partial charge in [0.1, 0.15) is 17.8 Å². The van der Waals surface area contributed by atoms with Crippen molar-refractivity contribution in [2.24, 2.45) is 22.7 Å². The average Bonchev–Trinajstić information content (AvgIpc) is 3.14. The Labute approximate surface area is 336 Å². The van der Waals surface area contributed by atoms with Gasteiger partial charge in [0.25, 0.3) is 0 Å². The lowest BCUT2D eigenvalue weighted by molar-refractivity contribution is -0.386. The Balaban J connectivity index is 1.49. The molecule has 1 aliphatic heterocycles. The summed E-state index contributed by atoms with van der Waals surface area (Å²) in [4.78, 5) is 83.5. The molecule has 3 fully saturated rings. The average molecular weight is 806 g/mol. The van der Waals surface area contributed by atoms with Gasteiger partial charge in [-0.2, -0.15) is 0 Å². The molecule has 1 amide bonds. The number of hydrogen-bond donors (Lipinski definition) is 4. The number of benzene rings is 2. The van der Waals surface area contributed by atoms with Crippen molar-refractivity contribution in [1.82, 2.24) is 5.32 Å². The summed E-state index contributed by atoms with van der Waals surface area (Å²) in [5.41, 5.74) is -6.23. The summed E-state index contributed by atoms with van der Waals surface area (Å²) in [6.45, 7) is 11.6. The van der Waals surface area contributed by atoms with E-state index in [1.165, 1.54) is 26.0 Å². The van der Waals surface area contributed by atoms with E-state index in [0.717, 1.165) is 6.92 Å². The van der Waals surface area contributed by atoms with E-state index in [1.54, 1.807) is 83.1 Å². The number of carbonyl (C=O) groups excluding carboxylic acids is 6. The maximum atomic E-state index is 14.9. The molecule has 58 heavy (non-hydrogen) atoms. The van der Waals surface area contributed by atoms with Crippen molar-refractivity contribution in [1.29, 1.82) is 0 Å². The zero-order chi connectivity index (χ0) is 42.7. The van der Waals surface area contributed by atoms with Crippen molar-refractivity contribution < 1.29 is 67.8 Å². The molecule has 2 aromatic carbocycles. The highest BCUT2D eigenvalue weighted by atomic mass is 16.7. The largest absolute Gasteiger partial charge is 0.456 e. The van der Waals surface area contributed by atoms with Crippen LogP contribution in [0.3, 0.4) is 0 Å². The molecule has 4 N–H and O–H groups in total. The number of Topliss-reactive ketones (excluding diaryl/α,β-unsaturated/α-hetero) is 2. The Morgan fingerprint density at radius 2 is 1.53 bits per heavy atom. The van der Waals surface area contributed by atoms with Crippen LogP contribution in [-0.2, 0) is 42.9 Å². The Kier molecular flexibility index (Phi) is 11.0. The Bertz CT molecular complexity index is 2020. The van der Waals surface area contributed by atoms with E-state index >= 15 is 0 Å². The standard InChI is InChI=1S/C43H51NO14/c1-22-26(55-36(51)33(48)31(24-15-11-9-12-16-24)44-38(52)58-39(3,4)5)19-27-40(6,7)30(22)32(47)34(49)41(8)28(46)20-29-42(21-54-29,56-23(2)45)37(41)43(27,53)57-35(50)25-17-13-10-14-18-25/h9-18,26-29,31,33,37,46,48,53H,19-21H2,1-8H3,(H,44,52). The van der Waals surface area contributed by atoms with Crippen LogP contribution in [0.4, 0.5) is 4.79 Å². The molecule has 6 rings (SSSR count). The van der Waals surface area contributed by atoms with Gasteiger partial charge in [-0.05, 0) is 64.3 Å². The lowest BCUT2D eigenvalue weighted by Crippen LogP contribution is -2.82. The molecule has 2 bridgehead atoms. The van der Waals surface area contributed by atoms with Crippen LogP contribution in [0.1, 0.15) is 90.2 Å². The van der Waals surface area contributed by atoms with Gasteiger partial charge >= 0.3 is 24.0 Å². The molecule has 2 saturated carbocycles. The van der Waals surface area contributed by atoms with Gasteiger partial charge in [-0.1, -0.05) is 62.4 Å². The number of amides is 1. The highest BCUT2D eigenvalue weighted by molar-refractivity contribution is 6.46. The van der Waals surface area contributed by atoms with Crippen LogP contribution in [0.5, 0.6) is 0 Å². The highest BCUT2D eigenvalue weighted by Crippen LogP contribution is 2.65. The Morgan fingerprint density at radius 3 is 2.09 bits per heavy atom. The van der Waals surface area contributed by atoms with Gasteiger partial charge in [-0.25, -0.2) is 14.4 Å². The van der Waals surface area contributed by atoms with E-state index in [4.69, 9.17) is 23.7 Å². The third-order valence-electron chi connectivity index (χ3n) is 12.2. The molecule has 1 saturated heterocycles. The molecular formula is C43H51NO14. The molecule has 2 aromatic rings. The minimum Gasteiger partial charge on any atom is -0.456 e. The van der Waals surface area contributed by atoms with Crippen LogP contribution in [0.25, 0.3) is 0 Å². The summed E-state index contributed by atoms with van der Waals surface area (Å²) in [5.74, 6) is -11.4. The Hall–Kier alpha value is -4.96. The lowest BCUT2D eigenvalue weighted by Gasteiger charge is -2.67. The van der Waals surface area contributed by atoms with Gasteiger partial charge in [-0.3, -0.25) is 14.4 Å². The number of ketones is 2. The Morgan fingerprint density at radius 1 is 0.931 bits per heavy atom. The number of aliphatic hydroxyl groups is 3. The summed E-state index contributed by atoms with van der Waals surface area (Å²) >= 11 is 0. The number of carbonyl (C=O) groups is 6. The van der Waals surface area contributed by atoms with E-state index in [1.807, 2.05) is 0 Å². The second-order valence-electron chi connectivity index (χ2n) is 17.5. The highest BCUT2D eigenvalue weighted by Gasteiger charge is 2.80. The molecular weight excluding hydrogens is 754 g/mol.